The maximum absolute atomic E-state index is 2.44. The number of rotatable bonds is 3. The molecule has 1 fully saturated rings. The van der Waals surface area contributed by atoms with E-state index in [-0.39, 0.29) is 0 Å². The predicted molar refractivity (Wildman–Crippen MR) is 95.1 cm³/mol. The van der Waals surface area contributed by atoms with Crippen LogP contribution in [0, 0.1) is 5.92 Å². The maximum Gasteiger partial charge on any atom is 0.00557 e. The average Bonchev–Trinajstić information content (AvgIpc) is 2.89. The van der Waals surface area contributed by atoms with Gasteiger partial charge in [0.1, 0.15) is 0 Å². The molecule has 2 aliphatic rings. The van der Waals surface area contributed by atoms with Gasteiger partial charge in [-0.05, 0) is 52.5 Å². The Hall–Kier alpha value is -1.82. The van der Waals surface area contributed by atoms with Gasteiger partial charge >= 0.3 is 0 Å². The first-order valence-corrected chi connectivity index (χ1v) is 8.65. The minimum Gasteiger partial charge on any atom is -0.0761 e. The van der Waals surface area contributed by atoms with Crippen LogP contribution in [0.3, 0.4) is 0 Å². The second-order valence-corrected chi connectivity index (χ2v) is 7.16. The van der Waals surface area contributed by atoms with Crippen molar-refractivity contribution in [1.82, 2.24) is 0 Å². The quantitative estimate of drug-likeness (QED) is 0.614. The largest absolute Gasteiger partial charge is 0.0761 e. The van der Waals surface area contributed by atoms with Crippen LogP contribution in [0.5, 0.6) is 0 Å². The third-order valence-corrected chi connectivity index (χ3v) is 5.52. The van der Waals surface area contributed by atoms with Gasteiger partial charge in [-0.1, -0.05) is 74.9 Å². The fraction of sp³-hybridized carbons (Fsp3) is 0.364. The molecular weight excluding hydrogens is 264 g/mol. The Morgan fingerprint density at radius 2 is 1.73 bits per heavy atom. The van der Waals surface area contributed by atoms with Crippen LogP contribution >= 0.6 is 0 Å². The van der Waals surface area contributed by atoms with Crippen molar-refractivity contribution >= 4 is 6.08 Å². The van der Waals surface area contributed by atoms with Crippen LogP contribution in [-0.4, -0.2) is 0 Å². The minimum atomic E-state index is 0.596. The molecule has 0 heteroatoms. The lowest BCUT2D eigenvalue weighted by Crippen LogP contribution is -2.17. The second kappa shape index (κ2) is 5.43. The number of benzene rings is 2. The Balaban J connectivity index is 1.71. The first-order chi connectivity index (χ1) is 10.7. The van der Waals surface area contributed by atoms with Crippen molar-refractivity contribution in [2.24, 2.45) is 5.92 Å². The molecule has 0 amide bonds. The molecule has 2 aromatic rings. The van der Waals surface area contributed by atoms with Gasteiger partial charge in [0.25, 0.3) is 0 Å². The Bertz CT molecular complexity index is 699. The van der Waals surface area contributed by atoms with Crippen LogP contribution < -0.4 is 0 Å². The molecule has 0 spiro atoms. The molecule has 0 saturated heterocycles. The molecule has 0 bridgehead atoms. The van der Waals surface area contributed by atoms with Crippen LogP contribution in [0.4, 0.5) is 0 Å². The lowest BCUT2D eigenvalue weighted by molar-refractivity contribution is 0.290. The van der Waals surface area contributed by atoms with E-state index in [0.717, 1.165) is 5.92 Å². The summed E-state index contributed by atoms with van der Waals surface area (Å²) in [5.74, 6) is 2.15. The van der Waals surface area contributed by atoms with Gasteiger partial charge in [-0.25, -0.2) is 0 Å². The molecule has 4 rings (SSSR count). The summed E-state index contributed by atoms with van der Waals surface area (Å²) in [7, 11) is 0. The third kappa shape index (κ3) is 2.22. The van der Waals surface area contributed by atoms with Crippen molar-refractivity contribution in [3.63, 3.8) is 0 Å². The highest BCUT2D eigenvalue weighted by Gasteiger charge is 2.31. The predicted octanol–water partition coefficient (Wildman–Crippen LogP) is 6.39. The average molecular weight is 288 g/mol. The molecular formula is C22H24. The summed E-state index contributed by atoms with van der Waals surface area (Å²) in [4.78, 5) is 0. The van der Waals surface area contributed by atoms with Gasteiger partial charge in [0.05, 0.1) is 0 Å². The molecule has 0 nitrogen and oxygen atoms in total. The fourth-order valence-electron chi connectivity index (χ4n) is 3.87. The van der Waals surface area contributed by atoms with E-state index in [4.69, 9.17) is 0 Å². The third-order valence-electron chi connectivity index (χ3n) is 5.52. The van der Waals surface area contributed by atoms with E-state index in [1.807, 2.05) is 0 Å². The first-order valence-electron chi connectivity index (χ1n) is 8.65. The first kappa shape index (κ1) is 13.8. The summed E-state index contributed by atoms with van der Waals surface area (Å²) in [5, 5.41) is 0. The van der Waals surface area contributed by atoms with Crippen LogP contribution in [-0.2, 0) is 0 Å². The lowest BCUT2D eigenvalue weighted by atomic mass is 9.74. The van der Waals surface area contributed by atoms with E-state index in [2.05, 4.69) is 68.5 Å². The molecule has 2 aliphatic carbocycles. The van der Waals surface area contributed by atoms with Crippen LogP contribution in [0.15, 0.2) is 48.5 Å². The number of hydrogen-bond donors (Lipinski definition) is 0. The van der Waals surface area contributed by atoms with Gasteiger partial charge in [-0.3, -0.25) is 0 Å². The Labute approximate surface area is 133 Å². The van der Waals surface area contributed by atoms with E-state index in [1.165, 1.54) is 41.5 Å². The van der Waals surface area contributed by atoms with Crippen LogP contribution in [0.2, 0.25) is 0 Å². The zero-order valence-electron chi connectivity index (χ0n) is 13.5. The number of fused-ring (bicyclic) bond motifs is 1. The molecule has 22 heavy (non-hydrogen) atoms. The zero-order valence-corrected chi connectivity index (χ0v) is 13.5. The summed E-state index contributed by atoms with van der Waals surface area (Å²) in [6.07, 6.45) is 9.04. The molecule has 112 valence electrons. The normalized spacial score (nSPS) is 20.2. The van der Waals surface area contributed by atoms with Crippen molar-refractivity contribution in [2.75, 3.05) is 0 Å². The van der Waals surface area contributed by atoms with Gasteiger partial charge in [-0.2, -0.15) is 0 Å². The van der Waals surface area contributed by atoms with Gasteiger partial charge in [0, 0.05) is 5.92 Å². The van der Waals surface area contributed by atoms with Crippen molar-refractivity contribution in [3.8, 4) is 11.1 Å². The highest BCUT2D eigenvalue weighted by Crippen LogP contribution is 2.46. The summed E-state index contributed by atoms with van der Waals surface area (Å²) in [6, 6.07) is 16.0. The molecule has 0 radical (unpaired) electrons. The van der Waals surface area contributed by atoms with Crippen molar-refractivity contribution in [2.45, 2.75) is 44.9 Å². The number of hydrogen-bond acceptors (Lipinski definition) is 0. The van der Waals surface area contributed by atoms with Crippen LogP contribution in [0.1, 0.15) is 61.6 Å². The van der Waals surface area contributed by atoms with E-state index < -0.39 is 0 Å². The van der Waals surface area contributed by atoms with Gasteiger partial charge < -0.3 is 0 Å². The molecule has 0 N–H and O–H groups in total. The van der Waals surface area contributed by atoms with Crippen LogP contribution in [0.25, 0.3) is 17.2 Å². The molecule has 0 heterocycles. The standard InChI is InChI=1S/C22H24/c1-15(2)16-9-11-18(12-10-16)19-7-4-8-21-20(13-14-22(19)21)17-5-3-6-17/h4,7-15,17,20H,3,5-6H2,1-2H3. The Kier molecular flexibility index (Phi) is 3.41. The SMILES string of the molecule is CC(C)c1ccc(-c2cccc3c2C=CC3C2CCC2)cc1. The summed E-state index contributed by atoms with van der Waals surface area (Å²) in [5.41, 5.74) is 7.16. The van der Waals surface area contributed by atoms with E-state index >= 15 is 0 Å². The smallest absolute Gasteiger partial charge is 0.00557 e. The van der Waals surface area contributed by atoms with Gasteiger partial charge in [-0.15, -0.1) is 0 Å². The summed E-state index contributed by atoms with van der Waals surface area (Å²) in [6.45, 7) is 4.50. The molecule has 0 aliphatic heterocycles. The number of allylic oxidation sites excluding steroid dienone is 1. The monoisotopic (exact) mass is 288 g/mol. The molecule has 0 aromatic heterocycles. The van der Waals surface area contributed by atoms with E-state index in [9.17, 15) is 0 Å². The minimum absolute atomic E-state index is 0.596. The lowest BCUT2D eigenvalue weighted by Gasteiger charge is -2.31. The molecule has 2 aromatic carbocycles. The maximum atomic E-state index is 2.44. The van der Waals surface area contributed by atoms with Crippen molar-refractivity contribution in [1.29, 1.82) is 0 Å². The molecule has 1 saturated carbocycles. The van der Waals surface area contributed by atoms with E-state index in [0.29, 0.717) is 11.8 Å². The summed E-state index contributed by atoms with van der Waals surface area (Å²) < 4.78 is 0. The molecule has 1 atom stereocenters. The van der Waals surface area contributed by atoms with Crippen molar-refractivity contribution in [3.05, 3.63) is 65.2 Å². The molecule has 1 unspecified atom stereocenters. The Morgan fingerprint density at radius 3 is 2.36 bits per heavy atom. The Morgan fingerprint density at radius 1 is 0.955 bits per heavy atom. The topological polar surface area (TPSA) is 0 Å². The highest BCUT2D eigenvalue weighted by atomic mass is 14.3. The highest BCUT2D eigenvalue weighted by molar-refractivity contribution is 5.80. The van der Waals surface area contributed by atoms with Gasteiger partial charge in [0.15, 0.2) is 0 Å². The van der Waals surface area contributed by atoms with Gasteiger partial charge in [0.2, 0.25) is 0 Å². The second-order valence-electron chi connectivity index (χ2n) is 7.16. The van der Waals surface area contributed by atoms with Crippen molar-refractivity contribution < 1.29 is 0 Å². The summed E-state index contributed by atoms with van der Waals surface area (Å²) >= 11 is 0. The fourth-order valence-corrected chi connectivity index (χ4v) is 3.87. The zero-order chi connectivity index (χ0) is 15.1. The van der Waals surface area contributed by atoms with E-state index in [1.54, 1.807) is 5.56 Å².